The molecule has 0 saturated heterocycles. The molecule has 10 heteroatoms. The first-order chi connectivity index (χ1) is 14.8. The SMILES string of the molecule is O=C(N=C1N=C(c2ccc(C(F)(F)F)cc2)C(=C2C=CN(O)C=C2)S1)c1cccnc1. The summed E-state index contributed by atoms with van der Waals surface area (Å²) in [6.07, 6.45) is 4.51. The van der Waals surface area contributed by atoms with Crippen LogP contribution in [0.1, 0.15) is 21.5 Å². The monoisotopic (exact) mass is 442 g/mol. The quantitative estimate of drug-likeness (QED) is 0.722. The maximum Gasteiger partial charge on any atom is 0.416 e. The second-order valence-corrected chi connectivity index (χ2v) is 7.35. The Bertz CT molecular complexity index is 1150. The van der Waals surface area contributed by atoms with Crippen molar-refractivity contribution in [3.8, 4) is 0 Å². The van der Waals surface area contributed by atoms with Gasteiger partial charge in [0.25, 0.3) is 5.91 Å². The largest absolute Gasteiger partial charge is 0.416 e. The summed E-state index contributed by atoms with van der Waals surface area (Å²) in [5, 5.41) is 10.5. The molecular weight excluding hydrogens is 429 g/mol. The molecule has 156 valence electrons. The number of carbonyl (C=O) groups is 1. The second-order valence-electron chi connectivity index (χ2n) is 6.37. The molecule has 0 saturated carbocycles. The Kier molecular flexibility index (Phi) is 5.57. The van der Waals surface area contributed by atoms with Crippen molar-refractivity contribution in [3.05, 3.63) is 101 Å². The Morgan fingerprint density at radius 1 is 1.10 bits per heavy atom. The van der Waals surface area contributed by atoms with E-state index in [9.17, 15) is 23.2 Å². The topological polar surface area (TPSA) is 78.2 Å². The van der Waals surface area contributed by atoms with Crippen LogP contribution in [0, 0.1) is 0 Å². The highest BCUT2D eigenvalue weighted by Crippen LogP contribution is 2.36. The number of thioether (sulfide) groups is 1. The Morgan fingerprint density at radius 3 is 2.42 bits per heavy atom. The lowest BCUT2D eigenvalue weighted by atomic mass is 10.0. The standard InChI is InChI=1S/C21H13F3N4O2S/c22-21(23,24)16-5-3-13(4-6-16)17-18(14-7-10-28(30)11-8-14)31-20(26-17)27-19(29)15-2-1-9-25-12-15/h1-12,30H. The summed E-state index contributed by atoms with van der Waals surface area (Å²) >= 11 is 1.11. The van der Waals surface area contributed by atoms with E-state index in [2.05, 4.69) is 15.0 Å². The van der Waals surface area contributed by atoms with Crippen LogP contribution >= 0.6 is 11.8 Å². The van der Waals surface area contributed by atoms with Crippen molar-refractivity contribution in [2.24, 2.45) is 9.98 Å². The third-order valence-electron chi connectivity index (χ3n) is 4.28. The summed E-state index contributed by atoms with van der Waals surface area (Å²) in [5.41, 5.74) is 0.998. The normalized spacial score (nSPS) is 17.5. The van der Waals surface area contributed by atoms with Crippen LogP contribution in [-0.2, 0) is 6.18 Å². The minimum absolute atomic E-state index is 0.152. The number of rotatable bonds is 2. The molecule has 1 N–H and O–H groups in total. The molecule has 0 bridgehead atoms. The Hall–Kier alpha value is -3.50. The number of nitrogens with zero attached hydrogens (tertiary/aromatic N) is 4. The van der Waals surface area contributed by atoms with Crippen LogP contribution in [-0.4, -0.2) is 32.0 Å². The Balaban J connectivity index is 1.74. The summed E-state index contributed by atoms with van der Waals surface area (Å²) in [6.45, 7) is 0. The highest BCUT2D eigenvalue weighted by Gasteiger charge is 2.31. The van der Waals surface area contributed by atoms with Crippen LogP contribution < -0.4 is 0 Å². The van der Waals surface area contributed by atoms with Crippen LogP contribution in [0.3, 0.4) is 0 Å². The number of alkyl halides is 3. The number of amides is 1. The van der Waals surface area contributed by atoms with Gasteiger partial charge in [-0.3, -0.25) is 15.0 Å². The highest BCUT2D eigenvalue weighted by molar-refractivity contribution is 8.18. The number of amidine groups is 1. The molecule has 1 aromatic heterocycles. The van der Waals surface area contributed by atoms with Crippen LogP contribution in [0.4, 0.5) is 13.2 Å². The van der Waals surface area contributed by atoms with Crippen LogP contribution in [0.5, 0.6) is 0 Å². The van der Waals surface area contributed by atoms with Crippen LogP contribution in [0.2, 0.25) is 0 Å². The zero-order valence-electron chi connectivity index (χ0n) is 15.6. The number of hydrogen-bond acceptors (Lipinski definition) is 5. The minimum Gasteiger partial charge on any atom is -0.285 e. The average Bonchev–Trinajstić information content (AvgIpc) is 3.18. The number of hydrogen-bond donors (Lipinski definition) is 1. The van der Waals surface area contributed by atoms with E-state index >= 15 is 0 Å². The van der Waals surface area contributed by atoms with E-state index in [1.807, 2.05) is 0 Å². The fourth-order valence-corrected chi connectivity index (χ4v) is 3.74. The van der Waals surface area contributed by atoms with Gasteiger partial charge < -0.3 is 0 Å². The van der Waals surface area contributed by atoms with Gasteiger partial charge in [-0.05, 0) is 53.8 Å². The van der Waals surface area contributed by atoms with Crippen molar-refractivity contribution in [2.75, 3.05) is 0 Å². The second kappa shape index (κ2) is 8.32. The van der Waals surface area contributed by atoms with E-state index in [1.54, 1.807) is 24.3 Å². The van der Waals surface area contributed by atoms with Crippen molar-refractivity contribution in [1.82, 2.24) is 10.0 Å². The molecule has 3 heterocycles. The maximum atomic E-state index is 12.9. The molecule has 2 aliphatic heterocycles. The van der Waals surface area contributed by atoms with Crippen molar-refractivity contribution in [2.45, 2.75) is 6.18 Å². The lowest BCUT2D eigenvalue weighted by Crippen LogP contribution is -2.08. The highest BCUT2D eigenvalue weighted by atomic mass is 32.2. The molecule has 31 heavy (non-hydrogen) atoms. The van der Waals surface area contributed by atoms with Gasteiger partial charge in [0, 0.05) is 35.3 Å². The summed E-state index contributed by atoms with van der Waals surface area (Å²) in [7, 11) is 0. The van der Waals surface area contributed by atoms with Gasteiger partial charge in [0.1, 0.15) is 0 Å². The first kappa shape index (κ1) is 20.8. The molecule has 0 spiro atoms. The van der Waals surface area contributed by atoms with Crippen molar-refractivity contribution >= 4 is 28.5 Å². The van der Waals surface area contributed by atoms with E-state index in [0.29, 0.717) is 21.8 Å². The third-order valence-corrected chi connectivity index (χ3v) is 5.28. The van der Waals surface area contributed by atoms with Crippen molar-refractivity contribution in [3.63, 3.8) is 0 Å². The number of carbonyl (C=O) groups excluding carboxylic acids is 1. The fourth-order valence-electron chi connectivity index (χ4n) is 2.78. The fraction of sp³-hybridized carbons (Fsp3) is 0.0476. The van der Waals surface area contributed by atoms with Crippen molar-refractivity contribution in [1.29, 1.82) is 0 Å². The van der Waals surface area contributed by atoms with Gasteiger partial charge in [-0.15, -0.1) is 0 Å². The minimum atomic E-state index is -4.45. The average molecular weight is 442 g/mol. The zero-order chi connectivity index (χ0) is 22.0. The molecule has 0 fully saturated rings. The Labute approximate surface area is 178 Å². The number of aromatic nitrogens is 1. The number of allylic oxidation sites excluding steroid dienone is 4. The van der Waals surface area contributed by atoms with E-state index in [4.69, 9.17) is 0 Å². The van der Waals surface area contributed by atoms with E-state index in [-0.39, 0.29) is 10.7 Å². The molecular formula is C21H13F3N4O2S. The number of pyridine rings is 1. The first-order valence-corrected chi connectivity index (χ1v) is 9.68. The molecule has 0 atom stereocenters. The summed E-state index contributed by atoms with van der Waals surface area (Å²) < 4.78 is 38.7. The van der Waals surface area contributed by atoms with Gasteiger partial charge in [0.05, 0.1) is 16.8 Å². The van der Waals surface area contributed by atoms with Gasteiger partial charge in [-0.25, -0.2) is 10.1 Å². The van der Waals surface area contributed by atoms with E-state index in [0.717, 1.165) is 29.0 Å². The van der Waals surface area contributed by atoms with Crippen LogP contribution in [0.25, 0.3) is 0 Å². The molecule has 4 rings (SSSR count). The summed E-state index contributed by atoms with van der Waals surface area (Å²) in [4.78, 5) is 25.3. The third kappa shape index (κ3) is 4.65. The molecule has 2 aromatic rings. The van der Waals surface area contributed by atoms with Gasteiger partial charge in [-0.2, -0.15) is 18.2 Å². The summed E-state index contributed by atoms with van der Waals surface area (Å²) in [6, 6.07) is 7.77. The zero-order valence-corrected chi connectivity index (χ0v) is 16.4. The molecule has 6 nitrogen and oxygen atoms in total. The number of benzene rings is 1. The number of aliphatic imine (C=N–C) groups is 2. The molecule has 1 aromatic carbocycles. The van der Waals surface area contributed by atoms with Gasteiger partial charge in [0.15, 0.2) is 5.17 Å². The smallest absolute Gasteiger partial charge is 0.285 e. The predicted molar refractivity (Wildman–Crippen MR) is 111 cm³/mol. The number of hydroxylamine groups is 2. The van der Waals surface area contributed by atoms with Gasteiger partial charge in [-0.1, -0.05) is 12.1 Å². The molecule has 0 unspecified atom stereocenters. The number of halogens is 3. The van der Waals surface area contributed by atoms with Gasteiger partial charge in [0.2, 0.25) is 0 Å². The molecule has 0 aliphatic carbocycles. The predicted octanol–water partition coefficient (Wildman–Crippen LogP) is 4.82. The summed E-state index contributed by atoms with van der Waals surface area (Å²) in [5.74, 6) is -0.534. The van der Waals surface area contributed by atoms with Crippen molar-refractivity contribution < 1.29 is 23.2 Å². The maximum absolute atomic E-state index is 12.9. The molecule has 2 aliphatic rings. The van der Waals surface area contributed by atoms with Crippen LogP contribution in [0.15, 0.2) is 93.8 Å². The molecule has 1 amide bonds. The lowest BCUT2D eigenvalue weighted by molar-refractivity contribution is -0.137. The van der Waals surface area contributed by atoms with E-state index < -0.39 is 17.6 Å². The van der Waals surface area contributed by atoms with E-state index in [1.165, 1.54) is 36.9 Å². The first-order valence-electron chi connectivity index (χ1n) is 8.87. The molecule has 0 radical (unpaired) electrons. The Morgan fingerprint density at radius 2 is 1.81 bits per heavy atom. The van der Waals surface area contributed by atoms with Gasteiger partial charge >= 0.3 is 6.18 Å². The lowest BCUT2D eigenvalue weighted by Gasteiger charge is -2.13.